The van der Waals surface area contributed by atoms with Crippen molar-refractivity contribution in [2.24, 2.45) is 0 Å². The van der Waals surface area contributed by atoms with Gasteiger partial charge in [0.05, 0.1) is 7.11 Å². The molecule has 3 heteroatoms. The molecule has 2 rings (SSSR count). The minimum Gasteiger partial charge on any atom is -0.496 e. The second-order valence-corrected chi connectivity index (χ2v) is 5.95. The highest BCUT2D eigenvalue weighted by Crippen LogP contribution is 2.32. The number of rotatable bonds is 4. The predicted octanol–water partition coefficient (Wildman–Crippen LogP) is 4.02. The summed E-state index contributed by atoms with van der Waals surface area (Å²) in [5, 5.41) is 10.5. The van der Waals surface area contributed by atoms with Gasteiger partial charge in [-0.15, -0.1) is 11.3 Å². The van der Waals surface area contributed by atoms with Crippen molar-refractivity contribution in [2.75, 3.05) is 7.11 Å². The van der Waals surface area contributed by atoms with Crippen LogP contribution in [0, 0.1) is 13.8 Å². The summed E-state index contributed by atoms with van der Waals surface area (Å²) in [5.74, 6) is 0.899. The predicted molar refractivity (Wildman–Crippen MR) is 80.2 cm³/mol. The zero-order valence-electron chi connectivity index (χ0n) is 11.9. The van der Waals surface area contributed by atoms with E-state index in [9.17, 15) is 5.11 Å². The van der Waals surface area contributed by atoms with E-state index < -0.39 is 6.10 Å². The quantitative estimate of drug-likeness (QED) is 0.914. The Hall–Kier alpha value is -1.32. The normalized spacial score (nSPS) is 12.5. The van der Waals surface area contributed by atoms with Crippen LogP contribution in [0.2, 0.25) is 0 Å². The van der Waals surface area contributed by atoms with Crippen LogP contribution in [0.3, 0.4) is 0 Å². The Bertz CT molecular complexity index is 549. The van der Waals surface area contributed by atoms with E-state index in [-0.39, 0.29) is 0 Å². The van der Waals surface area contributed by atoms with E-state index in [0.29, 0.717) is 0 Å². The molecule has 0 bridgehead atoms. The van der Waals surface area contributed by atoms with Crippen molar-refractivity contribution < 1.29 is 9.84 Å². The van der Waals surface area contributed by atoms with E-state index in [1.165, 1.54) is 4.88 Å². The van der Waals surface area contributed by atoms with E-state index >= 15 is 0 Å². The molecule has 0 saturated heterocycles. The van der Waals surface area contributed by atoms with Gasteiger partial charge in [-0.2, -0.15) is 0 Å². The van der Waals surface area contributed by atoms with Gasteiger partial charge in [0.15, 0.2) is 0 Å². The Balaban J connectivity index is 2.36. The number of aliphatic hydroxyl groups excluding tert-OH is 1. The molecule has 102 valence electrons. The first-order chi connectivity index (χ1) is 9.06. The summed E-state index contributed by atoms with van der Waals surface area (Å²) < 4.78 is 5.36. The second-order valence-electron chi connectivity index (χ2n) is 4.75. The SMILES string of the molecule is CCc1ccc(C(O)c2cc(C)c(OC)c(C)c2)s1. The molecule has 0 radical (unpaired) electrons. The van der Waals surface area contributed by atoms with Gasteiger partial charge in [-0.25, -0.2) is 0 Å². The van der Waals surface area contributed by atoms with Crippen molar-refractivity contribution in [2.45, 2.75) is 33.3 Å². The molecule has 2 aromatic rings. The Morgan fingerprint density at radius 2 is 1.84 bits per heavy atom. The van der Waals surface area contributed by atoms with Crippen molar-refractivity contribution in [3.05, 3.63) is 50.7 Å². The maximum absolute atomic E-state index is 10.5. The molecule has 0 fully saturated rings. The minimum absolute atomic E-state index is 0.548. The van der Waals surface area contributed by atoms with Gasteiger partial charge in [-0.1, -0.05) is 6.92 Å². The summed E-state index contributed by atoms with van der Waals surface area (Å²) in [5.41, 5.74) is 3.05. The average Bonchev–Trinajstić information content (AvgIpc) is 2.86. The summed E-state index contributed by atoms with van der Waals surface area (Å²) in [6, 6.07) is 8.11. The van der Waals surface area contributed by atoms with Crippen molar-refractivity contribution in [3.8, 4) is 5.75 Å². The van der Waals surface area contributed by atoms with Gasteiger partial charge >= 0.3 is 0 Å². The van der Waals surface area contributed by atoms with E-state index in [1.54, 1.807) is 18.4 Å². The fraction of sp³-hybridized carbons (Fsp3) is 0.375. The molecule has 1 atom stereocenters. The maximum Gasteiger partial charge on any atom is 0.124 e. The summed E-state index contributed by atoms with van der Waals surface area (Å²) >= 11 is 1.68. The Labute approximate surface area is 118 Å². The van der Waals surface area contributed by atoms with Crippen LogP contribution >= 0.6 is 11.3 Å². The van der Waals surface area contributed by atoms with Crippen LogP contribution in [0.25, 0.3) is 0 Å². The molecular weight excluding hydrogens is 256 g/mol. The van der Waals surface area contributed by atoms with E-state index in [2.05, 4.69) is 13.0 Å². The van der Waals surface area contributed by atoms with Crippen molar-refractivity contribution in [1.82, 2.24) is 0 Å². The lowest BCUT2D eigenvalue weighted by molar-refractivity contribution is 0.224. The third-order valence-electron chi connectivity index (χ3n) is 3.30. The van der Waals surface area contributed by atoms with Gasteiger partial charge in [-0.3, -0.25) is 0 Å². The van der Waals surface area contributed by atoms with Crippen LogP contribution in [-0.4, -0.2) is 12.2 Å². The average molecular weight is 276 g/mol. The molecule has 0 aliphatic heterocycles. The standard InChI is InChI=1S/C16H20O2S/c1-5-13-6-7-14(19-13)15(17)12-8-10(2)16(18-4)11(3)9-12/h6-9,15,17H,5H2,1-4H3. The molecule has 0 spiro atoms. The van der Waals surface area contributed by atoms with Gasteiger partial charge in [0.25, 0.3) is 0 Å². The first-order valence-electron chi connectivity index (χ1n) is 6.48. The van der Waals surface area contributed by atoms with Gasteiger partial charge in [0, 0.05) is 9.75 Å². The number of aliphatic hydroxyl groups is 1. The van der Waals surface area contributed by atoms with Crippen LogP contribution in [0.4, 0.5) is 0 Å². The fourth-order valence-electron chi connectivity index (χ4n) is 2.36. The molecule has 0 saturated carbocycles. The molecule has 1 unspecified atom stereocenters. The van der Waals surface area contributed by atoms with Gasteiger partial charge in [0.1, 0.15) is 11.9 Å². The highest BCUT2D eigenvalue weighted by Gasteiger charge is 2.15. The van der Waals surface area contributed by atoms with Crippen LogP contribution in [0.15, 0.2) is 24.3 Å². The lowest BCUT2D eigenvalue weighted by Gasteiger charge is -2.14. The number of aryl methyl sites for hydroxylation is 3. The largest absolute Gasteiger partial charge is 0.496 e. The molecule has 2 nitrogen and oxygen atoms in total. The third-order valence-corrected chi connectivity index (χ3v) is 4.58. The van der Waals surface area contributed by atoms with Crippen LogP contribution in [-0.2, 0) is 6.42 Å². The van der Waals surface area contributed by atoms with E-state index in [0.717, 1.165) is 33.7 Å². The second kappa shape index (κ2) is 5.76. The van der Waals surface area contributed by atoms with Crippen LogP contribution < -0.4 is 4.74 Å². The van der Waals surface area contributed by atoms with Crippen LogP contribution in [0.5, 0.6) is 5.75 Å². The zero-order chi connectivity index (χ0) is 14.0. The monoisotopic (exact) mass is 276 g/mol. The van der Waals surface area contributed by atoms with Gasteiger partial charge in [0.2, 0.25) is 0 Å². The summed E-state index contributed by atoms with van der Waals surface area (Å²) in [6.45, 7) is 6.14. The minimum atomic E-state index is -0.548. The Kier molecular flexibility index (Phi) is 4.27. The summed E-state index contributed by atoms with van der Waals surface area (Å²) in [7, 11) is 1.68. The molecule has 0 amide bonds. The van der Waals surface area contributed by atoms with Crippen molar-refractivity contribution >= 4 is 11.3 Å². The Morgan fingerprint density at radius 3 is 2.32 bits per heavy atom. The molecule has 0 aliphatic rings. The molecule has 1 aromatic heterocycles. The summed E-state index contributed by atoms with van der Waals surface area (Å²) in [4.78, 5) is 2.30. The molecular formula is C16H20O2S. The highest BCUT2D eigenvalue weighted by atomic mass is 32.1. The first-order valence-corrected chi connectivity index (χ1v) is 7.30. The number of hydrogen-bond donors (Lipinski definition) is 1. The Morgan fingerprint density at radius 1 is 1.21 bits per heavy atom. The molecule has 1 N–H and O–H groups in total. The number of thiophene rings is 1. The number of hydrogen-bond acceptors (Lipinski definition) is 3. The smallest absolute Gasteiger partial charge is 0.124 e. The molecule has 1 aromatic carbocycles. The number of ether oxygens (including phenoxy) is 1. The zero-order valence-corrected chi connectivity index (χ0v) is 12.7. The fourth-order valence-corrected chi connectivity index (χ4v) is 3.33. The molecule has 19 heavy (non-hydrogen) atoms. The van der Waals surface area contributed by atoms with Gasteiger partial charge < -0.3 is 9.84 Å². The highest BCUT2D eigenvalue weighted by molar-refractivity contribution is 7.12. The van der Waals surface area contributed by atoms with Crippen molar-refractivity contribution in [1.29, 1.82) is 0 Å². The van der Waals surface area contributed by atoms with Gasteiger partial charge in [-0.05, 0) is 61.2 Å². The van der Waals surface area contributed by atoms with E-state index in [4.69, 9.17) is 4.74 Å². The topological polar surface area (TPSA) is 29.5 Å². The molecule has 1 heterocycles. The number of benzene rings is 1. The lowest BCUT2D eigenvalue weighted by Crippen LogP contribution is -2.00. The third kappa shape index (κ3) is 2.82. The van der Waals surface area contributed by atoms with Crippen LogP contribution in [0.1, 0.15) is 39.5 Å². The van der Waals surface area contributed by atoms with Crippen molar-refractivity contribution in [3.63, 3.8) is 0 Å². The molecule has 0 aliphatic carbocycles. The maximum atomic E-state index is 10.5. The lowest BCUT2D eigenvalue weighted by atomic mass is 10.0. The summed E-state index contributed by atoms with van der Waals surface area (Å²) in [6.07, 6.45) is 0.464. The first kappa shape index (κ1) is 14.1. The number of methoxy groups -OCH3 is 1. The van der Waals surface area contributed by atoms with E-state index in [1.807, 2.05) is 32.0 Å².